The molecule has 10 heavy (non-hydrogen) atoms. The maximum atomic E-state index is 5.01. The molecule has 0 saturated carbocycles. The first kappa shape index (κ1) is 6.24. The van der Waals surface area contributed by atoms with Crippen molar-refractivity contribution >= 4 is 12.6 Å². The summed E-state index contributed by atoms with van der Waals surface area (Å²) in [5, 5.41) is 4.10. The first-order valence-electron chi connectivity index (χ1n) is 3.17. The molecule has 0 spiro atoms. The van der Waals surface area contributed by atoms with Gasteiger partial charge in [-0.05, 0) is 0 Å². The van der Waals surface area contributed by atoms with E-state index in [4.69, 9.17) is 4.74 Å². The fourth-order valence-electron chi connectivity index (χ4n) is 0.904. The molecule has 2 rings (SSSR count). The van der Waals surface area contributed by atoms with Gasteiger partial charge in [0, 0.05) is 11.1 Å². The van der Waals surface area contributed by atoms with E-state index in [0.29, 0.717) is 6.04 Å². The van der Waals surface area contributed by atoms with E-state index in [1.165, 1.54) is 0 Å². The summed E-state index contributed by atoms with van der Waals surface area (Å²) in [6.45, 7) is 1.57. The summed E-state index contributed by atoms with van der Waals surface area (Å²) < 4.78 is 6.91. The van der Waals surface area contributed by atoms with Crippen molar-refractivity contribution in [3.05, 3.63) is 12.4 Å². The summed E-state index contributed by atoms with van der Waals surface area (Å²) in [4.78, 5) is 0.909. The molecular formula is C6H8N2OS. The van der Waals surface area contributed by atoms with Gasteiger partial charge in [-0.1, -0.05) is 0 Å². The van der Waals surface area contributed by atoms with Crippen molar-refractivity contribution in [1.29, 1.82) is 0 Å². The Morgan fingerprint density at radius 1 is 1.70 bits per heavy atom. The zero-order valence-corrected chi connectivity index (χ0v) is 6.29. The van der Waals surface area contributed by atoms with Crippen LogP contribution in [0.25, 0.3) is 0 Å². The number of ether oxygens (including phenoxy) is 1. The molecule has 1 aromatic rings. The van der Waals surface area contributed by atoms with Gasteiger partial charge in [-0.15, -0.1) is 12.6 Å². The third-order valence-corrected chi connectivity index (χ3v) is 1.81. The fourth-order valence-corrected chi connectivity index (χ4v) is 1.07. The van der Waals surface area contributed by atoms with E-state index in [2.05, 4.69) is 17.7 Å². The van der Waals surface area contributed by atoms with E-state index in [1.807, 2.05) is 10.9 Å². The molecule has 2 heterocycles. The molecule has 1 aliphatic rings. The Morgan fingerprint density at radius 3 is 2.90 bits per heavy atom. The lowest BCUT2D eigenvalue weighted by Gasteiger charge is -2.25. The number of rotatable bonds is 1. The molecule has 0 amide bonds. The molecule has 0 unspecified atom stereocenters. The number of aromatic nitrogens is 2. The fraction of sp³-hybridized carbons (Fsp3) is 0.500. The van der Waals surface area contributed by atoms with Gasteiger partial charge in [0.1, 0.15) is 0 Å². The van der Waals surface area contributed by atoms with Crippen LogP contribution < -0.4 is 0 Å². The zero-order valence-electron chi connectivity index (χ0n) is 5.40. The van der Waals surface area contributed by atoms with Gasteiger partial charge in [-0.2, -0.15) is 5.10 Å². The molecule has 1 saturated heterocycles. The third-order valence-electron chi connectivity index (χ3n) is 1.58. The van der Waals surface area contributed by atoms with Gasteiger partial charge in [0.05, 0.1) is 25.5 Å². The molecule has 54 valence electrons. The van der Waals surface area contributed by atoms with Crippen molar-refractivity contribution in [1.82, 2.24) is 9.78 Å². The Morgan fingerprint density at radius 2 is 2.50 bits per heavy atom. The smallest absolute Gasteiger partial charge is 0.0985 e. The second kappa shape index (κ2) is 2.29. The van der Waals surface area contributed by atoms with Crippen LogP contribution in [-0.2, 0) is 4.74 Å². The van der Waals surface area contributed by atoms with Crippen LogP contribution in [0.5, 0.6) is 0 Å². The lowest BCUT2D eigenvalue weighted by molar-refractivity contribution is -0.0287. The molecule has 4 heteroatoms. The molecule has 0 aliphatic carbocycles. The van der Waals surface area contributed by atoms with Crippen LogP contribution in [0.2, 0.25) is 0 Å². The van der Waals surface area contributed by atoms with E-state index in [-0.39, 0.29) is 0 Å². The Bertz CT molecular complexity index is 231. The number of thiol groups is 1. The van der Waals surface area contributed by atoms with Gasteiger partial charge in [-0.3, -0.25) is 4.68 Å². The highest BCUT2D eigenvalue weighted by Gasteiger charge is 2.20. The summed E-state index contributed by atoms with van der Waals surface area (Å²) >= 11 is 4.14. The van der Waals surface area contributed by atoms with E-state index >= 15 is 0 Å². The standard InChI is InChI=1S/C6H8N2OS/c10-6-1-7-8(2-6)5-3-9-4-5/h1-2,5,10H,3-4H2. The topological polar surface area (TPSA) is 27.1 Å². The molecule has 0 N–H and O–H groups in total. The monoisotopic (exact) mass is 156 g/mol. The first-order chi connectivity index (χ1) is 4.86. The molecule has 1 fully saturated rings. The minimum atomic E-state index is 0.445. The van der Waals surface area contributed by atoms with Gasteiger partial charge < -0.3 is 4.74 Å². The minimum Gasteiger partial charge on any atom is -0.377 e. The average Bonchev–Trinajstić information content (AvgIpc) is 2.10. The molecule has 0 atom stereocenters. The van der Waals surface area contributed by atoms with Crippen LogP contribution in [0.4, 0.5) is 0 Å². The third kappa shape index (κ3) is 0.932. The largest absolute Gasteiger partial charge is 0.377 e. The highest BCUT2D eigenvalue weighted by atomic mass is 32.1. The van der Waals surface area contributed by atoms with Crippen molar-refractivity contribution < 1.29 is 4.74 Å². The van der Waals surface area contributed by atoms with E-state index in [0.717, 1.165) is 18.1 Å². The maximum absolute atomic E-state index is 5.01. The normalized spacial score (nSPS) is 18.9. The van der Waals surface area contributed by atoms with Crippen molar-refractivity contribution in [2.45, 2.75) is 10.9 Å². The molecular weight excluding hydrogens is 148 g/mol. The second-order valence-electron chi connectivity index (χ2n) is 2.37. The van der Waals surface area contributed by atoms with E-state index in [9.17, 15) is 0 Å². The Balaban J connectivity index is 2.17. The lowest BCUT2D eigenvalue weighted by Crippen LogP contribution is -2.30. The summed E-state index contributed by atoms with van der Waals surface area (Å²) in [7, 11) is 0. The summed E-state index contributed by atoms with van der Waals surface area (Å²) in [6, 6.07) is 0.445. The van der Waals surface area contributed by atoms with Crippen molar-refractivity contribution in [3.63, 3.8) is 0 Å². The molecule has 0 aromatic carbocycles. The molecule has 1 aromatic heterocycles. The second-order valence-corrected chi connectivity index (χ2v) is 2.89. The van der Waals surface area contributed by atoms with E-state index in [1.54, 1.807) is 6.20 Å². The zero-order chi connectivity index (χ0) is 6.97. The van der Waals surface area contributed by atoms with Gasteiger partial charge >= 0.3 is 0 Å². The van der Waals surface area contributed by atoms with Crippen LogP contribution in [0, 0.1) is 0 Å². The molecule has 1 aliphatic heterocycles. The number of hydrogen-bond donors (Lipinski definition) is 1. The van der Waals surface area contributed by atoms with Crippen LogP contribution in [0.1, 0.15) is 6.04 Å². The molecule has 0 bridgehead atoms. The van der Waals surface area contributed by atoms with Gasteiger partial charge in [0.25, 0.3) is 0 Å². The Labute approximate surface area is 64.4 Å². The minimum absolute atomic E-state index is 0.445. The van der Waals surface area contributed by atoms with Crippen molar-refractivity contribution in [3.8, 4) is 0 Å². The predicted molar refractivity (Wildman–Crippen MR) is 39.3 cm³/mol. The van der Waals surface area contributed by atoms with Crippen LogP contribution in [0.3, 0.4) is 0 Å². The average molecular weight is 156 g/mol. The van der Waals surface area contributed by atoms with Crippen LogP contribution >= 0.6 is 12.6 Å². The summed E-state index contributed by atoms with van der Waals surface area (Å²) in [6.07, 6.45) is 3.65. The summed E-state index contributed by atoms with van der Waals surface area (Å²) in [5.74, 6) is 0. The van der Waals surface area contributed by atoms with Crippen LogP contribution in [0.15, 0.2) is 17.3 Å². The maximum Gasteiger partial charge on any atom is 0.0985 e. The predicted octanol–water partition coefficient (Wildman–Crippen LogP) is 0.743. The van der Waals surface area contributed by atoms with Crippen LogP contribution in [-0.4, -0.2) is 23.0 Å². The number of nitrogens with zero attached hydrogens (tertiary/aromatic N) is 2. The molecule has 3 nitrogen and oxygen atoms in total. The highest BCUT2D eigenvalue weighted by molar-refractivity contribution is 7.80. The Hall–Kier alpha value is -0.480. The van der Waals surface area contributed by atoms with Crippen molar-refractivity contribution in [2.24, 2.45) is 0 Å². The highest BCUT2D eigenvalue weighted by Crippen LogP contribution is 2.16. The summed E-state index contributed by atoms with van der Waals surface area (Å²) in [5.41, 5.74) is 0. The number of hydrogen-bond acceptors (Lipinski definition) is 3. The SMILES string of the molecule is Sc1cnn(C2COC2)c1. The Kier molecular flexibility index (Phi) is 1.43. The van der Waals surface area contributed by atoms with Crippen molar-refractivity contribution in [2.75, 3.05) is 13.2 Å². The van der Waals surface area contributed by atoms with Gasteiger partial charge in [0.15, 0.2) is 0 Å². The van der Waals surface area contributed by atoms with Gasteiger partial charge in [0.2, 0.25) is 0 Å². The van der Waals surface area contributed by atoms with Gasteiger partial charge in [-0.25, -0.2) is 0 Å². The molecule has 0 radical (unpaired) electrons. The quantitative estimate of drug-likeness (QED) is 0.607. The lowest BCUT2D eigenvalue weighted by atomic mass is 10.3. The first-order valence-corrected chi connectivity index (χ1v) is 3.62. The van der Waals surface area contributed by atoms with E-state index < -0.39 is 0 Å².